The summed E-state index contributed by atoms with van der Waals surface area (Å²) < 4.78 is 5.02. The second-order valence-electron chi connectivity index (χ2n) is 4.54. The van der Waals surface area contributed by atoms with E-state index in [1.807, 2.05) is 19.9 Å². The van der Waals surface area contributed by atoms with E-state index in [9.17, 15) is 9.59 Å². The smallest absolute Gasteiger partial charge is 0.224 e. The highest BCUT2D eigenvalue weighted by Gasteiger charge is 2.24. The number of methoxy groups -OCH3 is 1. The lowest BCUT2D eigenvalue weighted by atomic mass is 9.95. The van der Waals surface area contributed by atoms with Crippen molar-refractivity contribution in [3.8, 4) is 11.8 Å². The van der Waals surface area contributed by atoms with Crippen LogP contribution in [0.3, 0.4) is 0 Å². The van der Waals surface area contributed by atoms with E-state index in [0.29, 0.717) is 24.4 Å². The van der Waals surface area contributed by atoms with Crippen LogP contribution in [0.5, 0.6) is 5.75 Å². The lowest BCUT2D eigenvalue weighted by Gasteiger charge is -2.19. The zero-order valence-corrected chi connectivity index (χ0v) is 12.6. The molecule has 0 spiro atoms. The number of amides is 1. The van der Waals surface area contributed by atoms with Gasteiger partial charge in [0.15, 0.2) is 5.78 Å². The Balaban J connectivity index is 2.82. The van der Waals surface area contributed by atoms with Gasteiger partial charge in [-0.3, -0.25) is 9.59 Å². The van der Waals surface area contributed by atoms with Gasteiger partial charge in [0, 0.05) is 18.7 Å². The highest BCUT2D eigenvalue weighted by atomic mass is 16.5. The molecule has 0 N–H and O–H groups in total. The summed E-state index contributed by atoms with van der Waals surface area (Å²) in [5.41, 5.74) is 0.412. The Morgan fingerprint density at radius 2 is 1.81 bits per heavy atom. The molecule has 21 heavy (non-hydrogen) atoms. The first-order valence-corrected chi connectivity index (χ1v) is 6.93. The zero-order valence-electron chi connectivity index (χ0n) is 12.6. The van der Waals surface area contributed by atoms with Crippen molar-refractivity contribution in [1.29, 1.82) is 5.26 Å². The molecule has 0 aliphatic rings. The first-order valence-electron chi connectivity index (χ1n) is 6.93. The van der Waals surface area contributed by atoms with Gasteiger partial charge in [-0.1, -0.05) is 0 Å². The van der Waals surface area contributed by atoms with Crippen molar-refractivity contribution in [2.24, 2.45) is 5.92 Å². The van der Waals surface area contributed by atoms with Gasteiger partial charge in [0.2, 0.25) is 5.91 Å². The standard InChI is InChI=1S/C16H20N2O3/c1-4-18(5-2)15(19)10-13(11-17)16(20)12-6-8-14(21-3)9-7-12/h6-9,13H,4-5,10H2,1-3H3. The Hall–Kier alpha value is -2.35. The molecular weight excluding hydrogens is 268 g/mol. The third kappa shape index (κ3) is 4.32. The number of carbonyl (C=O) groups is 2. The van der Waals surface area contributed by atoms with Crippen LogP contribution in [0.25, 0.3) is 0 Å². The van der Waals surface area contributed by atoms with Crippen LogP contribution >= 0.6 is 0 Å². The summed E-state index contributed by atoms with van der Waals surface area (Å²) in [5.74, 6) is -0.820. The molecule has 5 heteroatoms. The Kier molecular flexibility index (Phi) is 6.41. The number of nitrogens with zero attached hydrogens (tertiary/aromatic N) is 2. The first kappa shape index (κ1) is 16.7. The van der Waals surface area contributed by atoms with Crippen molar-refractivity contribution < 1.29 is 14.3 Å². The van der Waals surface area contributed by atoms with E-state index >= 15 is 0 Å². The lowest BCUT2D eigenvalue weighted by molar-refractivity contribution is -0.131. The van der Waals surface area contributed by atoms with Gasteiger partial charge in [-0.2, -0.15) is 5.26 Å². The molecule has 1 amide bonds. The molecule has 0 aromatic heterocycles. The average molecular weight is 288 g/mol. The Morgan fingerprint density at radius 1 is 1.24 bits per heavy atom. The minimum absolute atomic E-state index is 0.0803. The maximum Gasteiger partial charge on any atom is 0.224 e. The fourth-order valence-corrected chi connectivity index (χ4v) is 2.03. The molecule has 0 aliphatic heterocycles. The largest absolute Gasteiger partial charge is 0.497 e. The van der Waals surface area contributed by atoms with E-state index in [1.54, 1.807) is 29.2 Å². The van der Waals surface area contributed by atoms with Gasteiger partial charge in [0.1, 0.15) is 11.7 Å². The average Bonchev–Trinajstić information content (AvgIpc) is 2.53. The van der Waals surface area contributed by atoms with Crippen molar-refractivity contribution in [2.45, 2.75) is 20.3 Å². The van der Waals surface area contributed by atoms with Gasteiger partial charge in [-0.15, -0.1) is 0 Å². The Morgan fingerprint density at radius 3 is 2.24 bits per heavy atom. The third-order valence-electron chi connectivity index (χ3n) is 3.34. The number of hydrogen-bond donors (Lipinski definition) is 0. The van der Waals surface area contributed by atoms with Gasteiger partial charge < -0.3 is 9.64 Å². The number of hydrogen-bond acceptors (Lipinski definition) is 4. The van der Waals surface area contributed by atoms with E-state index in [4.69, 9.17) is 10.00 Å². The number of benzene rings is 1. The van der Waals surface area contributed by atoms with Crippen LogP contribution in [0.15, 0.2) is 24.3 Å². The number of nitriles is 1. The van der Waals surface area contributed by atoms with E-state index in [-0.39, 0.29) is 18.1 Å². The molecule has 0 fully saturated rings. The predicted octanol–water partition coefficient (Wildman–Crippen LogP) is 2.28. The molecule has 0 aliphatic carbocycles. The van der Waals surface area contributed by atoms with Crippen molar-refractivity contribution >= 4 is 11.7 Å². The molecule has 1 aromatic rings. The summed E-state index contributed by atoms with van der Waals surface area (Å²) in [7, 11) is 1.54. The maximum absolute atomic E-state index is 12.3. The number of carbonyl (C=O) groups excluding carboxylic acids is 2. The van der Waals surface area contributed by atoms with Gasteiger partial charge in [0.05, 0.1) is 19.6 Å². The van der Waals surface area contributed by atoms with Crippen molar-refractivity contribution in [2.75, 3.05) is 20.2 Å². The van der Waals surface area contributed by atoms with Crippen LogP contribution in [0.4, 0.5) is 0 Å². The molecular formula is C16H20N2O3. The second-order valence-corrected chi connectivity index (χ2v) is 4.54. The van der Waals surface area contributed by atoms with Gasteiger partial charge >= 0.3 is 0 Å². The topological polar surface area (TPSA) is 70.4 Å². The summed E-state index contributed by atoms with van der Waals surface area (Å²) in [6.07, 6.45) is -0.0803. The molecule has 1 rings (SSSR count). The predicted molar refractivity (Wildman–Crippen MR) is 79.0 cm³/mol. The molecule has 1 aromatic carbocycles. The summed E-state index contributed by atoms with van der Waals surface area (Å²) in [4.78, 5) is 25.9. The summed E-state index contributed by atoms with van der Waals surface area (Å²) >= 11 is 0. The molecule has 1 atom stereocenters. The summed E-state index contributed by atoms with van der Waals surface area (Å²) in [6.45, 7) is 4.89. The highest BCUT2D eigenvalue weighted by Crippen LogP contribution is 2.17. The van der Waals surface area contributed by atoms with Crippen LogP contribution in [-0.4, -0.2) is 36.8 Å². The van der Waals surface area contributed by atoms with Crippen LogP contribution in [0, 0.1) is 17.2 Å². The molecule has 0 saturated heterocycles. The van der Waals surface area contributed by atoms with Crippen molar-refractivity contribution in [3.05, 3.63) is 29.8 Å². The van der Waals surface area contributed by atoms with E-state index in [0.717, 1.165) is 0 Å². The summed E-state index contributed by atoms with van der Waals surface area (Å²) in [6, 6.07) is 8.46. The minimum atomic E-state index is -0.952. The van der Waals surface area contributed by atoms with Gasteiger partial charge in [-0.05, 0) is 38.1 Å². The maximum atomic E-state index is 12.3. The van der Waals surface area contributed by atoms with Crippen molar-refractivity contribution in [3.63, 3.8) is 0 Å². The second kappa shape index (κ2) is 8.05. The molecule has 1 unspecified atom stereocenters. The zero-order chi connectivity index (χ0) is 15.8. The molecule has 0 saturated carbocycles. The monoisotopic (exact) mass is 288 g/mol. The summed E-state index contributed by atoms with van der Waals surface area (Å²) in [5, 5.41) is 9.17. The Labute approximate surface area is 125 Å². The number of ketones is 1. The fourth-order valence-electron chi connectivity index (χ4n) is 2.03. The van der Waals surface area contributed by atoms with E-state index in [2.05, 4.69) is 0 Å². The number of rotatable bonds is 7. The molecule has 0 radical (unpaired) electrons. The molecule has 112 valence electrons. The van der Waals surface area contributed by atoms with E-state index in [1.165, 1.54) is 7.11 Å². The van der Waals surface area contributed by atoms with Crippen LogP contribution in [0.1, 0.15) is 30.6 Å². The normalized spacial score (nSPS) is 11.3. The molecule has 5 nitrogen and oxygen atoms in total. The number of Topliss-reactive ketones (excluding diaryl/α,β-unsaturated/α-hetero) is 1. The lowest BCUT2D eigenvalue weighted by Crippen LogP contribution is -2.33. The number of ether oxygens (including phenoxy) is 1. The SMILES string of the molecule is CCN(CC)C(=O)CC(C#N)C(=O)c1ccc(OC)cc1. The van der Waals surface area contributed by atoms with Crippen LogP contribution < -0.4 is 4.74 Å². The van der Waals surface area contributed by atoms with Gasteiger partial charge in [-0.25, -0.2) is 0 Å². The van der Waals surface area contributed by atoms with Crippen LogP contribution in [0.2, 0.25) is 0 Å². The first-order chi connectivity index (χ1) is 10.1. The van der Waals surface area contributed by atoms with E-state index < -0.39 is 5.92 Å². The van der Waals surface area contributed by atoms with Gasteiger partial charge in [0.25, 0.3) is 0 Å². The minimum Gasteiger partial charge on any atom is -0.497 e. The molecule has 0 heterocycles. The fraction of sp³-hybridized carbons (Fsp3) is 0.438. The Bertz CT molecular complexity index is 527. The molecule has 0 bridgehead atoms. The quantitative estimate of drug-likeness (QED) is 0.722. The highest BCUT2D eigenvalue weighted by molar-refractivity contribution is 6.01. The van der Waals surface area contributed by atoms with Crippen molar-refractivity contribution in [1.82, 2.24) is 4.90 Å². The van der Waals surface area contributed by atoms with Crippen LogP contribution in [-0.2, 0) is 4.79 Å². The third-order valence-corrected chi connectivity index (χ3v) is 3.34.